The highest BCUT2D eigenvalue weighted by Gasteiger charge is 2.09. The minimum atomic E-state index is -0.0239. The summed E-state index contributed by atoms with van der Waals surface area (Å²) in [7, 11) is 0. The summed E-state index contributed by atoms with van der Waals surface area (Å²) in [4.78, 5) is 16.6. The Bertz CT molecular complexity index is 854. The van der Waals surface area contributed by atoms with Gasteiger partial charge in [0.1, 0.15) is 0 Å². The normalized spacial score (nSPS) is 10.7. The lowest BCUT2D eigenvalue weighted by Crippen LogP contribution is -2.14. The molecule has 0 bridgehead atoms. The third-order valence-electron chi connectivity index (χ3n) is 4.13. The largest absolute Gasteiger partial charge is 0.325 e. The highest BCUT2D eigenvalue weighted by Crippen LogP contribution is 2.18. The Morgan fingerprint density at radius 2 is 1.77 bits per heavy atom. The van der Waals surface area contributed by atoms with E-state index in [4.69, 9.17) is 0 Å². The fourth-order valence-corrected chi connectivity index (χ4v) is 3.36. The molecule has 4 nitrogen and oxygen atoms in total. The second kappa shape index (κ2) is 8.72. The molecule has 26 heavy (non-hydrogen) atoms. The van der Waals surface area contributed by atoms with E-state index >= 15 is 0 Å². The number of thioether (sulfide) groups is 1. The van der Waals surface area contributed by atoms with Crippen molar-refractivity contribution in [1.82, 2.24) is 9.55 Å². The van der Waals surface area contributed by atoms with Crippen molar-refractivity contribution in [3.8, 4) is 0 Å². The third-order valence-corrected chi connectivity index (χ3v) is 5.13. The van der Waals surface area contributed by atoms with Crippen molar-refractivity contribution >= 4 is 23.4 Å². The minimum absolute atomic E-state index is 0.0239. The lowest BCUT2D eigenvalue weighted by molar-refractivity contribution is -0.113. The van der Waals surface area contributed by atoms with E-state index in [0.717, 1.165) is 23.8 Å². The van der Waals surface area contributed by atoms with Crippen LogP contribution in [0.2, 0.25) is 0 Å². The molecule has 1 amide bonds. The van der Waals surface area contributed by atoms with Gasteiger partial charge in [-0.25, -0.2) is 4.98 Å². The Labute approximate surface area is 158 Å². The summed E-state index contributed by atoms with van der Waals surface area (Å²) >= 11 is 1.45. The van der Waals surface area contributed by atoms with Crippen LogP contribution in [0.1, 0.15) is 23.6 Å². The Hall–Kier alpha value is -2.53. The summed E-state index contributed by atoms with van der Waals surface area (Å²) in [6.45, 7) is 4.95. The molecule has 0 aliphatic rings. The van der Waals surface area contributed by atoms with E-state index in [1.807, 2.05) is 30.5 Å². The van der Waals surface area contributed by atoms with Crippen molar-refractivity contribution in [3.63, 3.8) is 0 Å². The lowest BCUT2D eigenvalue weighted by Gasteiger charge is -2.09. The Kier molecular flexibility index (Phi) is 6.12. The van der Waals surface area contributed by atoms with Gasteiger partial charge in [0.05, 0.1) is 5.75 Å². The molecule has 0 saturated heterocycles. The van der Waals surface area contributed by atoms with Crippen LogP contribution in [-0.4, -0.2) is 21.2 Å². The zero-order valence-electron chi connectivity index (χ0n) is 15.1. The predicted molar refractivity (Wildman–Crippen MR) is 108 cm³/mol. The standard InChI is InChI=1S/C21H23N3OS/c1-3-17-8-10-19(11-9-17)23-20(25)15-26-21-22-12-13-24(21)14-18-6-4-16(2)5-7-18/h4-13H,3,14-15H2,1-2H3,(H,23,25). The molecule has 2 aromatic carbocycles. The number of amides is 1. The Balaban J connectivity index is 1.55. The molecule has 3 aromatic rings. The molecule has 1 heterocycles. The molecular formula is C21H23N3OS. The van der Waals surface area contributed by atoms with Crippen LogP contribution >= 0.6 is 11.8 Å². The number of anilines is 1. The van der Waals surface area contributed by atoms with Gasteiger partial charge in [-0.05, 0) is 36.6 Å². The molecule has 0 aliphatic carbocycles. The summed E-state index contributed by atoms with van der Waals surface area (Å²) < 4.78 is 2.07. The van der Waals surface area contributed by atoms with E-state index in [0.29, 0.717) is 5.75 Å². The quantitative estimate of drug-likeness (QED) is 0.626. The number of carbonyl (C=O) groups is 1. The number of hydrogen-bond acceptors (Lipinski definition) is 3. The van der Waals surface area contributed by atoms with Gasteiger partial charge in [0.2, 0.25) is 5.91 Å². The van der Waals surface area contributed by atoms with Gasteiger partial charge in [0.15, 0.2) is 5.16 Å². The van der Waals surface area contributed by atoms with Gasteiger partial charge in [0.25, 0.3) is 0 Å². The van der Waals surface area contributed by atoms with Crippen molar-refractivity contribution < 1.29 is 4.79 Å². The number of imidazole rings is 1. The first-order valence-corrected chi connectivity index (χ1v) is 9.71. The molecule has 0 spiro atoms. The van der Waals surface area contributed by atoms with Crippen molar-refractivity contribution in [2.24, 2.45) is 0 Å². The highest BCUT2D eigenvalue weighted by molar-refractivity contribution is 7.99. The monoisotopic (exact) mass is 365 g/mol. The molecule has 0 unspecified atom stereocenters. The lowest BCUT2D eigenvalue weighted by atomic mass is 10.1. The van der Waals surface area contributed by atoms with E-state index < -0.39 is 0 Å². The Morgan fingerprint density at radius 1 is 1.08 bits per heavy atom. The zero-order chi connectivity index (χ0) is 18.4. The maximum absolute atomic E-state index is 12.2. The molecule has 134 valence electrons. The topological polar surface area (TPSA) is 46.9 Å². The molecule has 1 N–H and O–H groups in total. The van der Waals surface area contributed by atoms with Crippen LogP contribution in [0.3, 0.4) is 0 Å². The number of benzene rings is 2. The predicted octanol–water partition coefficient (Wildman–Crippen LogP) is 4.53. The van der Waals surface area contributed by atoms with Crippen LogP contribution in [0.5, 0.6) is 0 Å². The van der Waals surface area contributed by atoms with Gasteiger partial charge in [-0.1, -0.05) is 60.6 Å². The SMILES string of the molecule is CCc1ccc(NC(=O)CSc2nccn2Cc2ccc(C)cc2)cc1. The fraction of sp³-hybridized carbons (Fsp3) is 0.238. The minimum Gasteiger partial charge on any atom is -0.325 e. The van der Waals surface area contributed by atoms with E-state index in [9.17, 15) is 4.79 Å². The average molecular weight is 366 g/mol. The van der Waals surface area contributed by atoms with Crippen molar-refractivity contribution in [3.05, 3.63) is 77.6 Å². The summed E-state index contributed by atoms with van der Waals surface area (Å²) in [6.07, 6.45) is 4.72. The smallest absolute Gasteiger partial charge is 0.234 e. The van der Waals surface area contributed by atoms with Gasteiger partial charge in [-0.3, -0.25) is 4.79 Å². The van der Waals surface area contributed by atoms with Crippen LogP contribution in [-0.2, 0) is 17.8 Å². The van der Waals surface area contributed by atoms with E-state index in [-0.39, 0.29) is 5.91 Å². The zero-order valence-corrected chi connectivity index (χ0v) is 15.9. The molecule has 5 heteroatoms. The van der Waals surface area contributed by atoms with Crippen LogP contribution in [0.25, 0.3) is 0 Å². The number of nitrogens with zero attached hydrogens (tertiary/aromatic N) is 2. The summed E-state index contributed by atoms with van der Waals surface area (Å²) in [5, 5.41) is 3.78. The van der Waals surface area contributed by atoms with Gasteiger partial charge in [-0.2, -0.15) is 0 Å². The van der Waals surface area contributed by atoms with E-state index in [1.54, 1.807) is 6.20 Å². The van der Waals surface area contributed by atoms with Crippen molar-refractivity contribution in [2.75, 3.05) is 11.1 Å². The van der Waals surface area contributed by atoms with Gasteiger partial charge < -0.3 is 9.88 Å². The van der Waals surface area contributed by atoms with Gasteiger partial charge in [0, 0.05) is 24.6 Å². The number of rotatable bonds is 7. The van der Waals surface area contributed by atoms with Crippen LogP contribution in [0.4, 0.5) is 5.69 Å². The number of carbonyl (C=O) groups excluding carboxylic acids is 1. The fourth-order valence-electron chi connectivity index (χ4n) is 2.60. The molecule has 0 radical (unpaired) electrons. The molecule has 0 aliphatic heterocycles. The maximum atomic E-state index is 12.2. The molecule has 0 saturated carbocycles. The summed E-state index contributed by atoms with van der Waals surface area (Å²) in [5.41, 5.74) is 4.56. The molecule has 3 rings (SSSR count). The summed E-state index contributed by atoms with van der Waals surface area (Å²) in [6, 6.07) is 16.4. The van der Waals surface area contributed by atoms with E-state index in [1.165, 1.54) is 28.5 Å². The number of aromatic nitrogens is 2. The first-order chi connectivity index (χ1) is 12.6. The number of aryl methyl sites for hydroxylation is 2. The van der Waals surface area contributed by atoms with Gasteiger partial charge >= 0.3 is 0 Å². The first-order valence-electron chi connectivity index (χ1n) is 8.72. The maximum Gasteiger partial charge on any atom is 0.234 e. The molecule has 1 aromatic heterocycles. The molecular weight excluding hydrogens is 342 g/mol. The molecule has 0 fully saturated rings. The second-order valence-corrected chi connectivity index (χ2v) is 7.15. The average Bonchev–Trinajstić information content (AvgIpc) is 3.09. The first kappa shape index (κ1) is 18.3. The van der Waals surface area contributed by atoms with Crippen LogP contribution in [0, 0.1) is 6.92 Å². The Morgan fingerprint density at radius 3 is 2.46 bits per heavy atom. The second-order valence-electron chi connectivity index (χ2n) is 6.21. The van der Waals surface area contributed by atoms with E-state index in [2.05, 4.69) is 53.0 Å². The van der Waals surface area contributed by atoms with Gasteiger partial charge in [-0.15, -0.1) is 0 Å². The number of nitrogens with one attached hydrogen (secondary N) is 1. The number of hydrogen-bond donors (Lipinski definition) is 1. The van der Waals surface area contributed by atoms with Crippen LogP contribution in [0.15, 0.2) is 66.1 Å². The van der Waals surface area contributed by atoms with Crippen LogP contribution < -0.4 is 5.32 Å². The van der Waals surface area contributed by atoms with Crippen molar-refractivity contribution in [2.45, 2.75) is 32.0 Å². The molecule has 0 atom stereocenters. The third kappa shape index (κ3) is 4.99. The van der Waals surface area contributed by atoms with Crippen molar-refractivity contribution in [1.29, 1.82) is 0 Å². The summed E-state index contributed by atoms with van der Waals surface area (Å²) in [5.74, 6) is 0.310. The highest BCUT2D eigenvalue weighted by atomic mass is 32.2.